The quantitative estimate of drug-likeness (QED) is 0.673. The number of hydrogen-bond acceptors (Lipinski definition) is 5. The van der Waals surface area contributed by atoms with Crippen LogP contribution in [-0.2, 0) is 15.0 Å². The molecule has 1 N–H and O–H groups in total. The van der Waals surface area contributed by atoms with Gasteiger partial charge in [0, 0.05) is 64.8 Å². The number of nitrogens with zero attached hydrogens (tertiary/aromatic N) is 4. The smallest absolute Gasteiger partial charge is 0.282 e. The highest BCUT2D eigenvalue weighted by atomic mass is 35.5. The molecular formula is C15H30ClN5O3S. The molecule has 25 heavy (non-hydrogen) atoms. The van der Waals surface area contributed by atoms with Crippen LogP contribution in [0.25, 0.3) is 0 Å². The highest BCUT2D eigenvalue weighted by Crippen LogP contribution is 2.16. The lowest BCUT2D eigenvalue weighted by Crippen LogP contribution is -2.57. The van der Waals surface area contributed by atoms with Gasteiger partial charge < -0.3 is 15.1 Å². The van der Waals surface area contributed by atoms with Gasteiger partial charge in [0.15, 0.2) is 0 Å². The maximum Gasteiger partial charge on any atom is 0.282 e. The molecule has 146 valence electrons. The van der Waals surface area contributed by atoms with Gasteiger partial charge in [0.1, 0.15) is 0 Å². The normalized spacial score (nSPS) is 27.2. The van der Waals surface area contributed by atoms with E-state index >= 15 is 0 Å². The lowest BCUT2D eigenvalue weighted by molar-refractivity contribution is -0.132. The molecule has 10 heteroatoms. The second-order valence-corrected chi connectivity index (χ2v) is 8.92. The van der Waals surface area contributed by atoms with Crippen molar-refractivity contribution in [1.29, 1.82) is 0 Å². The summed E-state index contributed by atoms with van der Waals surface area (Å²) in [5, 5.41) is 3.34. The van der Waals surface area contributed by atoms with Crippen LogP contribution in [0, 0.1) is 0 Å². The number of carbonyl (C=O) groups is 1. The fraction of sp³-hybridized carbons (Fsp3) is 0.933. The summed E-state index contributed by atoms with van der Waals surface area (Å²) in [6, 6.07) is 0.296. The van der Waals surface area contributed by atoms with Crippen molar-refractivity contribution in [2.75, 3.05) is 66.0 Å². The summed E-state index contributed by atoms with van der Waals surface area (Å²) in [6.07, 6.45) is 2.73. The minimum absolute atomic E-state index is 0. The van der Waals surface area contributed by atoms with Gasteiger partial charge in [0.2, 0.25) is 5.91 Å². The van der Waals surface area contributed by atoms with Crippen LogP contribution in [0.3, 0.4) is 0 Å². The monoisotopic (exact) mass is 395 g/mol. The van der Waals surface area contributed by atoms with E-state index in [1.54, 1.807) is 4.31 Å². The van der Waals surface area contributed by atoms with Crippen LogP contribution in [0.15, 0.2) is 0 Å². The molecule has 3 fully saturated rings. The summed E-state index contributed by atoms with van der Waals surface area (Å²) in [4.78, 5) is 16.3. The predicted octanol–water partition coefficient (Wildman–Crippen LogP) is -0.813. The number of halogens is 1. The van der Waals surface area contributed by atoms with Gasteiger partial charge in [-0.1, -0.05) is 0 Å². The first-order chi connectivity index (χ1) is 11.5. The standard InChI is InChI=1S/C15H29N5O3S.ClH/c1-17-5-9-19(10-6-17)24(22,23)20-11-7-18(8-12-20)15(21)13-14-3-2-4-16-14;/h14,16H,2-13H2,1H3;1H. The van der Waals surface area contributed by atoms with Crippen molar-refractivity contribution in [3.05, 3.63) is 0 Å². The Labute approximate surface area is 157 Å². The average molecular weight is 396 g/mol. The Morgan fingerprint density at radius 2 is 1.56 bits per heavy atom. The summed E-state index contributed by atoms with van der Waals surface area (Å²) in [6.45, 7) is 5.43. The molecule has 8 nitrogen and oxygen atoms in total. The lowest BCUT2D eigenvalue weighted by Gasteiger charge is -2.39. The number of hydrogen-bond donors (Lipinski definition) is 1. The van der Waals surface area contributed by atoms with Gasteiger partial charge in [0.25, 0.3) is 10.2 Å². The summed E-state index contributed by atoms with van der Waals surface area (Å²) in [7, 11) is -1.38. The molecule has 1 amide bonds. The molecule has 0 spiro atoms. The van der Waals surface area contributed by atoms with Crippen LogP contribution in [-0.4, -0.2) is 105 Å². The molecule has 0 aromatic carbocycles. The summed E-state index contributed by atoms with van der Waals surface area (Å²) in [5.41, 5.74) is 0. The van der Waals surface area contributed by atoms with Gasteiger partial charge >= 0.3 is 0 Å². The van der Waals surface area contributed by atoms with Crippen molar-refractivity contribution in [2.24, 2.45) is 0 Å². The number of nitrogens with one attached hydrogen (secondary N) is 1. The van der Waals surface area contributed by atoms with Crippen LogP contribution in [0.2, 0.25) is 0 Å². The molecule has 3 saturated heterocycles. The van der Waals surface area contributed by atoms with Crippen molar-refractivity contribution in [1.82, 2.24) is 23.7 Å². The molecule has 0 aromatic heterocycles. The number of carbonyl (C=O) groups excluding carboxylic acids is 1. The maximum atomic E-state index is 12.7. The fourth-order valence-electron chi connectivity index (χ4n) is 3.62. The molecule has 0 radical (unpaired) electrons. The lowest BCUT2D eigenvalue weighted by atomic mass is 10.1. The Morgan fingerprint density at radius 1 is 1.00 bits per heavy atom. The van der Waals surface area contributed by atoms with Crippen LogP contribution in [0.4, 0.5) is 0 Å². The Hall–Kier alpha value is -0.450. The van der Waals surface area contributed by atoms with E-state index in [0.29, 0.717) is 51.7 Å². The largest absolute Gasteiger partial charge is 0.340 e. The Balaban J connectivity index is 0.00000225. The van der Waals surface area contributed by atoms with E-state index in [9.17, 15) is 13.2 Å². The van der Waals surface area contributed by atoms with Crippen LogP contribution < -0.4 is 5.32 Å². The predicted molar refractivity (Wildman–Crippen MR) is 99.0 cm³/mol. The zero-order valence-corrected chi connectivity index (χ0v) is 16.5. The molecule has 0 bridgehead atoms. The maximum absolute atomic E-state index is 12.7. The first-order valence-corrected chi connectivity index (χ1v) is 10.3. The van der Waals surface area contributed by atoms with Crippen molar-refractivity contribution in [3.8, 4) is 0 Å². The van der Waals surface area contributed by atoms with E-state index in [1.165, 1.54) is 4.31 Å². The van der Waals surface area contributed by atoms with Crippen molar-refractivity contribution in [2.45, 2.75) is 25.3 Å². The third kappa shape index (κ3) is 5.05. The summed E-state index contributed by atoms with van der Waals surface area (Å²) >= 11 is 0. The van der Waals surface area contributed by atoms with Gasteiger partial charge in [-0.15, -0.1) is 12.4 Å². The Kier molecular flexibility index (Phi) is 7.48. The van der Waals surface area contributed by atoms with E-state index in [1.807, 2.05) is 11.9 Å². The highest BCUT2D eigenvalue weighted by molar-refractivity contribution is 7.86. The van der Waals surface area contributed by atoms with E-state index in [2.05, 4.69) is 10.2 Å². The molecular weight excluding hydrogens is 366 g/mol. The molecule has 3 rings (SSSR count). The SMILES string of the molecule is CN1CCN(S(=O)(=O)N2CCN(C(=O)CC3CCCN3)CC2)CC1.Cl. The molecule has 3 aliphatic rings. The zero-order chi connectivity index (χ0) is 17.2. The number of amides is 1. The summed E-state index contributed by atoms with van der Waals surface area (Å²) < 4.78 is 28.6. The van der Waals surface area contributed by atoms with Gasteiger partial charge in [-0.25, -0.2) is 0 Å². The van der Waals surface area contributed by atoms with Crippen LogP contribution in [0.1, 0.15) is 19.3 Å². The molecule has 3 aliphatic heterocycles. The number of rotatable bonds is 4. The van der Waals surface area contributed by atoms with Gasteiger partial charge in [-0.3, -0.25) is 4.79 Å². The third-order valence-electron chi connectivity index (χ3n) is 5.29. The first-order valence-electron chi connectivity index (χ1n) is 8.92. The van der Waals surface area contributed by atoms with Gasteiger partial charge in [0.05, 0.1) is 0 Å². The van der Waals surface area contributed by atoms with E-state index in [0.717, 1.165) is 32.5 Å². The number of likely N-dealkylation sites (N-methyl/N-ethyl adjacent to an activating group) is 1. The topological polar surface area (TPSA) is 76.2 Å². The van der Waals surface area contributed by atoms with Crippen LogP contribution in [0.5, 0.6) is 0 Å². The van der Waals surface area contributed by atoms with Crippen molar-refractivity contribution >= 4 is 28.5 Å². The van der Waals surface area contributed by atoms with Gasteiger partial charge in [-0.2, -0.15) is 17.0 Å². The second-order valence-electron chi connectivity index (χ2n) is 6.99. The van der Waals surface area contributed by atoms with E-state index in [-0.39, 0.29) is 18.3 Å². The third-order valence-corrected chi connectivity index (χ3v) is 7.33. The van der Waals surface area contributed by atoms with Crippen LogP contribution >= 0.6 is 12.4 Å². The molecule has 1 atom stereocenters. The average Bonchev–Trinajstić information content (AvgIpc) is 3.08. The molecule has 0 aromatic rings. The molecule has 3 heterocycles. The molecule has 0 aliphatic carbocycles. The second kappa shape index (κ2) is 8.96. The number of piperazine rings is 2. The van der Waals surface area contributed by atoms with E-state index in [4.69, 9.17) is 0 Å². The van der Waals surface area contributed by atoms with E-state index < -0.39 is 10.2 Å². The molecule has 1 unspecified atom stereocenters. The minimum atomic E-state index is -3.39. The Morgan fingerprint density at radius 3 is 2.08 bits per heavy atom. The van der Waals surface area contributed by atoms with Gasteiger partial charge in [-0.05, 0) is 26.4 Å². The first kappa shape index (κ1) is 20.9. The Bertz CT molecular complexity index is 539. The molecule has 0 saturated carbocycles. The van der Waals surface area contributed by atoms with Crippen molar-refractivity contribution in [3.63, 3.8) is 0 Å². The summed E-state index contributed by atoms with van der Waals surface area (Å²) in [5.74, 6) is 0.144. The fourth-order valence-corrected chi connectivity index (χ4v) is 5.20. The highest BCUT2D eigenvalue weighted by Gasteiger charge is 2.35. The zero-order valence-electron chi connectivity index (χ0n) is 14.9. The minimum Gasteiger partial charge on any atom is -0.340 e. The van der Waals surface area contributed by atoms with Crippen molar-refractivity contribution < 1.29 is 13.2 Å².